The highest BCUT2D eigenvalue weighted by Crippen LogP contribution is 2.70. The van der Waals surface area contributed by atoms with Gasteiger partial charge in [-0.05, 0) is 80.5 Å². The Morgan fingerprint density at radius 1 is 1.17 bits per heavy atom. The van der Waals surface area contributed by atoms with Crippen LogP contribution in [0.3, 0.4) is 0 Å². The highest BCUT2D eigenvalue weighted by atomic mass is 16.1. The first-order valence-corrected chi connectivity index (χ1v) is 9.93. The van der Waals surface area contributed by atoms with Gasteiger partial charge in [0.25, 0.3) is 0 Å². The second-order valence-electron chi connectivity index (χ2n) is 9.90. The Bertz CT molecular complexity index is 643. The van der Waals surface area contributed by atoms with Crippen LogP contribution in [0.4, 0.5) is 0 Å². The zero-order valence-corrected chi connectivity index (χ0v) is 15.5. The Balaban J connectivity index is 1.76. The summed E-state index contributed by atoms with van der Waals surface area (Å²) in [7, 11) is 0. The molecule has 0 unspecified atom stereocenters. The smallest absolute Gasteiger partial charge is 0.133 e. The van der Waals surface area contributed by atoms with Crippen molar-refractivity contribution in [3.63, 3.8) is 0 Å². The second-order valence-corrected chi connectivity index (χ2v) is 9.90. The second kappa shape index (κ2) is 5.20. The number of hydrogen-bond acceptors (Lipinski definition) is 2. The van der Waals surface area contributed by atoms with Crippen LogP contribution in [-0.2, 0) is 4.79 Å². The summed E-state index contributed by atoms with van der Waals surface area (Å²) in [5.74, 6) is 1.98. The number of nitrogens with zero attached hydrogens (tertiary/aromatic N) is 1. The number of allylic oxidation sites excluding steroid dienone is 2. The molecule has 0 aromatic rings. The quantitative estimate of drug-likeness (QED) is 0.557. The van der Waals surface area contributed by atoms with Gasteiger partial charge in [-0.2, -0.15) is 5.26 Å². The number of carbonyl (C=O) groups excluding carboxylic acids is 1. The van der Waals surface area contributed by atoms with E-state index >= 15 is 0 Å². The Hall–Kier alpha value is -1.10. The summed E-state index contributed by atoms with van der Waals surface area (Å²) < 4.78 is 0. The van der Waals surface area contributed by atoms with Crippen LogP contribution in [0.15, 0.2) is 11.6 Å². The first-order chi connectivity index (χ1) is 11.3. The maximum atomic E-state index is 12.0. The zero-order valence-electron chi connectivity index (χ0n) is 15.5. The summed E-state index contributed by atoms with van der Waals surface area (Å²) in [6, 6.07) is 2.91. The van der Waals surface area contributed by atoms with Crippen LogP contribution in [0.2, 0.25) is 0 Å². The van der Waals surface area contributed by atoms with E-state index in [-0.39, 0.29) is 10.8 Å². The average molecular weight is 325 g/mol. The lowest BCUT2D eigenvalue weighted by Gasteiger charge is -2.65. The zero-order chi connectivity index (χ0) is 17.2. The van der Waals surface area contributed by atoms with E-state index in [0.717, 1.165) is 38.5 Å². The standard InChI is InChI=1S/C22H31NO/c1-15-4-5-18-20(2,13-15)9-8-19-21(3)10-7-17(24)12-16(21)6-11-22(18,19)14-23/h4,16,18-19H,5-13H2,1-3H3/t16-,18+,19+,20+,21-,22+/m0/s1. The van der Waals surface area contributed by atoms with Crippen molar-refractivity contribution >= 4 is 5.78 Å². The van der Waals surface area contributed by atoms with Gasteiger partial charge in [-0.15, -0.1) is 0 Å². The van der Waals surface area contributed by atoms with E-state index in [4.69, 9.17) is 0 Å². The predicted molar refractivity (Wildman–Crippen MR) is 95.0 cm³/mol. The van der Waals surface area contributed by atoms with Crippen molar-refractivity contribution in [3.05, 3.63) is 11.6 Å². The van der Waals surface area contributed by atoms with Gasteiger partial charge in [-0.1, -0.05) is 25.5 Å². The highest BCUT2D eigenvalue weighted by Gasteiger charge is 2.64. The Labute approximate surface area is 146 Å². The molecule has 2 heteroatoms. The minimum absolute atomic E-state index is 0.157. The third-order valence-corrected chi connectivity index (χ3v) is 8.73. The van der Waals surface area contributed by atoms with Gasteiger partial charge in [0, 0.05) is 12.8 Å². The Kier molecular flexibility index (Phi) is 3.55. The number of nitriles is 1. The van der Waals surface area contributed by atoms with Crippen molar-refractivity contribution in [2.45, 2.75) is 78.6 Å². The van der Waals surface area contributed by atoms with E-state index in [1.54, 1.807) is 0 Å². The molecule has 0 saturated heterocycles. The van der Waals surface area contributed by atoms with E-state index in [2.05, 4.69) is 32.9 Å². The van der Waals surface area contributed by atoms with Crippen molar-refractivity contribution in [1.82, 2.24) is 0 Å². The molecule has 0 heterocycles. The molecular weight excluding hydrogens is 294 g/mol. The van der Waals surface area contributed by atoms with Crippen molar-refractivity contribution in [2.24, 2.45) is 34.0 Å². The van der Waals surface area contributed by atoms with Gasteiger partial charge in [-0.25, -0.2) is 0 Å². The topological polar surface area (TPSA) is 40.9 Å². The molecule has 0 aromatic carbocycles. The lowest BCUT2D eigenvalue weighted by Crippen LogP contribution is -2.60. The molecule has 2 nitrogen and oxygen atoms in total. The molecule has 3 fully saturated rings. The van der Waals surface area contributed by atoms with Crippen LogP contribution in [0.1, 0.15) is 78.6 Å². The molecule has 6 atom stereocenters. The Morgan fingerprint density at radius 2 is 1.96 bits per heavy atom. The molecule has 0 radical (unpaired) electrons. The van der Waals surface area contributed by atoms with Gasteiger partial charge in [0.1, 0.15) is 5.78 Å². The lowest BCUT2D eigenvalue weighted by molar-refractivity contribution is -0.157. The van der Waals surface area contributed by atoms with Gasteiger partial charge in [-0.3, -0.25) is 4.79 Å². The van der Waals surface area contributed by atoms with E-state index in [0.29, 0.717) is 29.0 Å². The largest absolute Gasteiger partial charge is 0.300 e. The van der Waals surface area contributed by atoms with E-state index in [9.17, 15) is 10.1 Å². The number of carbonyl (C=O) groups is 1. The van der Waals surface area contributed by atoms with Crippen LogP contribution >= 0.6 is 0 Å². The number of Topliss-reactive ketones (excluding diaryl/α,β-unsaturated/α-hetero) is 1. The van der Waals surface area contributed by atoms with Crippen LogP contribution in [0, 0.1) is 45.3 Å². The molecule has 0 aliphatic heterocycles. The minimum Gasteiger partial charge on any atom is -0.300 e. The van der Waals surface area contributed by atoms with Crippen molar-refractivity contribution in [2.75, 3.05) is 0 Å². The summed E-state index contributed by atoms with van der Waals surface area (Å²) in [4.78, 5) is 12.0. The number of ketones is 1. The van der Waals surface area contributed by atoms with Gasteiger partial charge in [0.05, 0.1) is 11.5 Å². The van der Waals surface area contributed by atoms with Gasteiger partial charge in [0.15, 0.2) is 0 Å². The molecule has 4 aliphatic carbocycles. The normalized spacial score (nSPS) is 50.8. The molecule has 0 spiro atoms. The number of hydrogen-bond donors (Lipinski definition) is 0. The molecule has 0 aromatic heterocycles. The summed E-state index contributed by atoms with van der Waals surface area (Å²) in [5, 5.41) is 10.4. The van der Waals surface area contributed by atoms with E-state index in [1.165, 1.54) is 24.8 Å². The molecule has 0 N–H and O–H groups in total. The molecule has 4 aliphatic rings. The van der Waals surface area contributed by atoms with Crippen molar-refractivity contribution in [3.8, 4) is 6.07 Å². The molecule has 3 saturated carbocycles. The average Bonchev–Trinajstić information content (AvgIpc) is 2.54. The molecule has 0 amide bonds. The van der Waals surface area contributed by atoms with E-state index < -0.39 is 0 Å². The third kappa shape index (κ3) is 2.03. The van der Waals surface area contributed by atoms with Crippen LogP contribution in [-0.4, -0.2) is 5.78 Å². The number of fused-ring (bicyclic) bond motifs is 5. The first kappa shape index (κ1) is 16.4. The fourth-order valence-electron chi connectivity index (χ4n) is 7.51. The van der Waals surface area contributed by atoms with Crippen molar-refractivity contribution < 1.29 is 4.79 Å². The SMILES string of the molecule is CC1=CC[C@@H]2[C@](C)(CC[C@@H]3[C@@]4(C)CCC(=O)C[C@@H]4CC[C@@]23C#N)C1. The summed E-state index contributed by atoms with van der Waals surface area (Å²) in [6.07, 6.45) is 11.8. The monoisotopic (exact) mass is 325 g/mol. The van der Waals surface area contributed by atoms with Crippen molar-refractivity contribution in [1.29, 1.82) is 5.26 Å². The Morgan fingerprint density at radius 3 is 2.71 bits per heavy atom. The molecule has 24 heavy (non-hydrogen) atoms. The van der Waals surface area contributed by atoms with Gasteiger partial charge < -0.3 is 0 Å². The van der Waals surface area contributed by atoms with E-state index in [1.807, 2.05) is 0 Å². The highest BCUT2D eigenvalue weighted by molar-refractivity contribution is 5.79. The van der Waals surface area contributed by atoms with Crippen LogP contribution < -0.4 is 0 Å². The molecule has 130 valence electrons. The fraction of sp³-hybridized carbons (Fsp3) is 0.818. The summed E-state index contributed by atoms with van der Waals surface area (Å²) >= 11 is 0. The predicted octanol–water partition coefficient (Wildman–Crippen LogP) is 5.44. The molecular formula is C22H31NO. The third-order valence-electron chi connectivity index (χ3n) is 8.73. The first-order valence-electron chi connectivity index (χ1n) is 9.93. The maximum absolute atomic E-state index is 12.0. The fourth-order valence-corrected chi connectivity index (χ4v) is 7.51. The minimum atomic E-state index is -0.157. The molecule has 0 bridgehead atoms. The molecule has 4 rings (SSSR count). The van der Waals surface area contributed by atoms with Gasteiger partial charge >= 0.3 is 0 Å². The number of rotatable bonds is 0. The summed E-state index contributed by atoms with van der Waals surface area (Å²) in [5.41, 5.74) is 1.87. The summed E-state index contributed by atoms with van der Waals surface area (Å²) in [6.45, 7) is 7.13. The maximum Gasteiger partial charge on any atom is 0.133 e. The van der Waals surface area contributed by atoms with Crippen LogP contribution in [0.25, 0.3) is 0 Å². The van der Waals surface area contributed by atoms with Gasteiger partial charge in [0.2, 0.25) is 0 Å². The van der Waals surface area contributed by atoms with Crippen LogP contribution in [0.5, 0.6) is 0 Å². The lowest BCUT2D eigenvalue weighted by atomic mass is 9.38.